The Morgan fingerprint density at radius 3 is 2.53 bits per heavy atom. The van der Waals surface area contributed by atoms with Gasteiger partial charge in [-0.2, -0.15) is 0 Å². The number of rotatable bonds is 5. The highest BCUT2D eigenvalue weighted by atomic mass is 16.5. The second kappa shape index (κ2) is 7.00. The van der Waals surface area contributed by atoms with E-state index < -0.39 is 17.9 Å². The van der Waals surface area contributed by atoms with Crippen LogP contribution >= 0.6 is 0 Å². The number of carbonyl (C=O) groups is 2. The lowest BCUT2D eigenvalue weighted by Crippen LogP contribution is -2.51. The number of carboxylic acid groups (broad SMARTS) is 1. The first-order chi connectivity index (χ1) is 9.06. The van der Waals surface area contributed by atoms with Crippen LogP contribution in [0.1, 0.15) is 13.8 Å². The zero-order chi connectivity index (χ0) is 14.4. The minimum atomic E-state index is -0.936. The van der Waals surface area contributed by atoms with Crippen molar-refractivity contribution in [2.45, 2.75) is 19.9 Å². The molecule has 1 N–H and O–H groups in total. The van der Waals surface area contributed by atoms with Crippen LogP contribution in [0.3, 0.4) is 0 Å². The molecule has 1 heterocycles. The number of ether oxygens (including phenoxy) is 1. The molecule has 19 heavy (non-hydrogen) atoms. The second-order valence-electron chi connectivity index (χ2n) is 4.34. The maximum absolute atomic E-state index is 12.4. The van der Waals surface area contributed by atoms with Gasteiger partial charge in [-0.3, -0.25) is 4.79 Å². The lowest BCUT2D eigenvalue weighted by Gasteiger charge is -2.33. The zero-order valence-electron chi connectivity index (χ0n) is 11.3. The Bertz CT molecular complexity index is 377. The van der Waals surface area contributed by atoms with E-state index >= 15 is 0 Å². The van der Waals surface area contributed by atoms with Gasteiger partial charge in [-0.15, -0.1) is 6.42 Å². The molecule has 6 nitrogen and oxygen atoms in total. The molecule has 2 unspecified atom stereocenters. The zero-order valence-corrected chi connectivity index (χ0v) is 11.3. The van der Waals surface area contributed by atoms with E-state index in [0.717, 1.165) is 0 Å². The molecule has 1 aliphatic rings. The Morgan fingerprint density at radius 2 is 2.05 bits per heavy atom. The van der Waals surface area contributed by atoms with Crippen LogP contribution in [-0.2, 0) is 9.53 Å². The van der Waals surface area contributed by atoms with Crippen LogP contribution in [0.15, 0.2) is 0 Å². The van der Waals surface area contributed by atoms with Crippen molar-refractivity contribution in [1.82, 2.24) is 9.80 Å². The van der Waals surface area contributed by atoms with Gasteiger partial charge in [-0.05, 0) is 13.8 Å². The van der Waals surface area contributed by atoms with Gasteiger partial charge in [0, 0.05) is 13.1 Å². The molecule has 0 aromatic rings. The van der Waals surface area contributed by atoms with Crippen molar-refractivity contribution in [3.63, 3.8) is 0 Å². The highest BCUT2D eigenvalue weighted by Crippen LogP contribution is 2.21. The average molecular weight is 268 g/mol. The first kappa shape index (κ1) is 15.3. The monoisotopic (exact) mass is 268 g/mol. The number of nitrogens with zero attached hydrogens (tertiary/aromatic N) is 2. The molecule has 2 amide bonds. The third kappa shape index (κ3) is 3.38. The Labute approximate surface area is 113 Å². The van der Waals surface area contributed by atoms with Gasteiger partial charge in [0.2, 0.25) is 0 Å². The molecule has 0 aromatic heterocycles. The number of hydrogen-bond acceptors (Lipinski definition) is 3. The molecular formula is C13H20N2O4. The summed E-state index contributed by atoms with van der Waals surface area (Å²) < 4.78 is 5.20. The van der Waals surface area contributed by atoms with Gasteiger partial charge < -0.3 is 19.6 Å². The first-order valence-electron chi connectivity index (χ1n) is 6.36. The van der Waals surface area contributed by atoms with E-state index in [1.165, 1.54) is 9.80 Å². The van der Waals surface area contributed by atoms with E-state index in [2.05, 4.69) is 5.92 Å². The fourth-order valence-corrected chi connectivity index (χ4v) is 2.20. The SMILES string of the molecule is C#CCN(CC)C(=O)N(CC)C1COCC1C(=O)O. The highest BCUT2D eigenvalue weighted by molar-refractivity contribution is 5.77. The van der Waals surface area contributed by atoms with Crippen molar-refractivity contribution >= 4 is 12.0 Å². The lowest BCUT2D eigenvalue weighted by molar-refractivity contribution is -0.142. The van der Waals surface area contributed by atoms with Gasteiger partial charge >= 0.3 is 12.0 Å². The average Bonchev–Trinajstić information content (AvgIpc) is 2.86. The number of hydrogen-bond donors (Lipinski definition) is 1. The van der Waals surface area contributed by atoms with Crippen LogP contribution in [0, 0.1) is 18.3 Å². The molecule has 0 saturated carbocycles. The Hall–Kier alpha value is -1.74. The van der Waals surface area contributed by atoms with Gasteiger partial charge in [0.15, 0.2) is 0 Å². The van der Waals surface area contributed by atoms with E-state index in [9.17, 15) is 9.59 Å². The van der Waals surface area contributed by atoms with Crippen LogP contribution < -0.4 is 0 Å². The molecule has 1 aliphatic heterocycles. The summed E-state index contributed by atoms with van der Waals surface area (Å²) in [6.07, 6.45) is 5.23. The van der Waals surface area contributed by atoms with Crippen LogP contribution in [0.25, 0.3) is 0 Å². The predicted molar refractivity (Wildman–Crippen MR) is 69.6 cm³/mol. The number of aliphatic carboxylic acids is 1. The molecule has 6 heteroatoms. The summed E-state index contributed by atoms with van der Waals surface area (Å²) >= 11 is 0. The van der Waals surface area contributed by atoms with Crippen molar-refractivity contribution in [2.24, 2.45) is 5.92 Å². The second-order valence-corrected chi connectivity index (χ2v) is 4.34. The molecule has 1 saturated heterocycles. The maximum atomic E-state index is 12.4. The Balaban J connectivity index is 2.84. The number of terminal acetylenes is 1. The number of carboxylic acids is 1. The number of amides is 2. The summed E-state index contributed by atoms with van der Waals surface area (Å²) in [4.78, 5) is 26.6. The standard InChI is InChI=1S/C13H20N2O4/c1-4-7-14(5-2)13(18)15(6-3)11-9-19-8-10(11)12(16)17/h1,10-11H,5-9H2,2-3H3,(H,16,17). The molecule has 0 bridgehead atoms. The molecule has 1 rings (SSSR count). The molecule has 0 aliphatic carbocycles. The highest BCUT2D eigenvalue weighted by Gasteiger charge is 2.40. The minimum Gasteiger partial charge on any atom is -0.481 e. The Kier molecular flexibility index (Phi) is 5.64. The van der Waals surface area contributed by atoms with Gasteiger partial charge in [0.1, 0.15) is 5.92 Å². The number of likely N-dealkylation sites (N-methyl/N-ethyl adjacent to an activating group) is 1. The molecule has 0 radical (unpaired) electrons. The maximum Gasteiger partial charge on any atom is 0.321 e. The summed E-state index contributed by atoms with van der Waals surface area (Å²) in [7, 11) is 0. The van der Waals surface area contributed by atoms with Gasteiger partial charge in [0.25, 0.3) is 0 Å². The summed E-state index contributed by atoms with van der Waals surface area (Å²) in [5, 5.41) is 9.15. The quantitative estimate of drug-likeness (QED) is 0.736. The van der Waals surface area contributed by atoms with E-state index in [-0.39, 0.29) is 25.8 Å². The van der Waals surface area contributed by atoms with Crippen molar-refractivity contribution in [3.8, 4) is 12.3 Å². The molecule has 0 spiro atoms. The third-order valence-corrected chi connectivity index (χ3v) is 3.29. The topological polar surface area (TPSA) is 70.1 Å². The van der Waals surface area contributed by atoms with Gasteiger partial charge in [0.05, 0.1) is 25.8 Å². The molecular weight excluding hydrogens is 248 g/mol. The molecule has 1 fully saturated rings. The van der Waals surface area contributed by atoms with Crippen LogP contribution in [-0.4, -0.2) is 65.8 Å². The van der Waals surface area contributed by atoms with Gasteiger partial charge in [-0.1, -0.05) is 5.92 Å². The summed E-state index contributed by atoms with van der Waals surface area (Å²) in [6, 6.07) is -0.661. The van der Waals surface area contributed by atoms with Crippen LogP contribution in [0.2, 0.25) is 0 Å². The van der Waals surface area contributed by atoms with E-state index in [1.807, 2.05) is 13.8 Å². The van der Waals surface area contributed by atoms with Crippen molar-refractivity contribution < 1.29 is 19.4 Å². The van der Waals surface area contributed by atoms with Crippen LogP contribution in [0.5, 0.6) is 0 Å². The fourth-order valence-electron chi connectivity index (χ4n) is 2.20. The number of carbonyl (C=O) groups excluding carboxylic acids is 1. The molecule has 0 aromatic carbocycles. The first-order valence-corrected chi connectivity index (χ1v) is 6.36. The summed E-state index contributed by atoms with van der Waals surface area (Å²) in [5.41, 5.74) is 0. The largest absolute Gasteiger partial charge is 0.481 e. The smallest absolute Gasteiger partial charge is 0.321 e. The van der Waals surface area contributed by atoms with E-state index in [1.54, 1.807) is 0 Å². The normalized spacial score (nSPS) is 21.7. The molecule has 2 atom stereocenters. The van der Waals surface area contributed by atoms with E-state index in [4.69, 9.17) is 16.3 Å². The van der Waals surface area contributed by atoms with Crippen molar-refractivity contribution in [3.05, 3.63) is 0 Å². The minimum absolute atomic E-state index is 0.144. The molecule has 106 valence electrons. The predicted octanol–water partition coefficient (Wildman–Crippen LogP) is 0.483. The van der Waals surface area contributed by atoms with Gasteiger partial charge in [-0.25, -0.2) is 4.79 Å². The van der Waals surface area contributed by atoms with E-state index in [0.29, 0.717) is 13.1 Å². The fraction of sp³-hybridized carbons (Fsp3) is 0.692. The Morgan fingerprint density at radius 1 is 1.37 bits per heavy atom. The van der Waals surface area contributed by atoms with Crippen LogP contribution in [0.4, 0.5) is 4.79 Å². The lowest BCUT2D eigenvalue weighted by atomic mass is 10.0. The summed E-state index contributed by atoms with van der Waals surface area (Å²) in [5.74, 6) is 0.825. The van der Waals surface area contributed by atoms with Crippen molar-refractivity contribution in [2.75, 3.05) is 32.8 Å². The third-order valence-electron chi connectivity index (χ3n) is 3.29. The number of urea groups is 1. The summed E-state index contributed by atoms with van der Waals surface area (Å²) in [6.45, 7) is 5.19. The van der Waals surface area contributed by atoms with Crippen molar-refractivity contribution in [1.29, 1.82) is 0 Å².